The molecule has 2 fully saturated rings. The van der Waals surface area contributed by atoms with E-state index in [1.165, 1.54) is 24.3 Å². The van der Waals surface area contributed by atoms with E-state index >= 15 is 0 Å². The molecule has 0 aromatic heterocycles. The van der Waals surface area contributed by atoms with Crippen LogP contribution >= 0.6 is 0 Å². The average Bonchev–Trinajstić information content (AvgIpc) is 3.11. The average molecular weight is 443 g/mol. The van der Waals surface area contributed by atoms with Crippen LogP contribution in [0.4, 0.5) is 8.78 Å². The van der Waals surface area contributed by atoms with Crippen LogP contribution in [0.5, 0.6) is 5.75 Å². The molecule has 7 heteroatoms. The summed E-state index contributed by atoms with van der Waals surface area (Å²) in [7, 11) is 0. The van der Waals surface area contributed by atoms with Crippen molar-refractivity contribution in [3.05, 3.63) is 65.7 Å². The fourth-order valence-electron chi connectivity index (χ4n) is 4.94. The normalized spacial score (nSPS) is 23.5. The second kappa shape index (κ2) is 9.27. The molecule has 0 unspecified atom stereocenters. The first kappa shape index (κ1) is 22.2. The van der Waals surface area contributed by atoms with Crippen molar-refractivity contribution in [2.75, 3.05) is 13.2 Å². The maximum Gasteiger partial charge on any atom is 0.260 e. The Labute approximate surface area is 187 Å². The molecule has 0 aliphatic carbocycles. The standard InChI is InChI=1S/C25H28F2N2O3/c1-25-14-15-28(24(31)17-32-21-7-3-2-6-20(21)27)22(25)8-4-5-9-23(30)29(25)16-18-10-12-19(26)13-11-18/h2-3,6-7,10-13,22H,4-5,8-9,14-17H2,1H3/t22-,25-/m1/s1. The second-order valence-electron chi connectivity index (χ2n) is 8.78. The molecular weight excluding hydrogens is 414 g/mol. The number of nitrogens with zero attached hydrogens (tertiary/aromatic N) is 2. The lowest BCUT2D eigenvalue weighted by Gasteiger charge is -2.45. The molecule has 2 aliphatic rings. The molecule has 2 aliphatic heterocycles. The number of benzene rings is 2. The van der Waals surface area contributed by atoms with Gasteiger partial charge in [0.1, 0.15) is 5.82 Å². The summed E-state index contributed by atoms with van der Waals surface area (Å²) in [4.78, 5) is 29.8. The largest absolute Gasteiger partial charge is 0.481 e. The molecule has 0 radical (unpaired) electrons. The van der Waals surface area contributed by atoms with E-state index in [4.69, 9.17) is 4.74 Å². The number of likely N-dealkylation sites (tertiary alicyclic amines) is 2. The van der Waals surface area contributed by atoms with E-state index in [0.717, 1.165) is 24.8 Å². The van der Waals surface area contributed by atoms with E-state index in [0.29, 0.717) is 25.9 Å². The van der Waals surface area contributed by atoms with Crippen LogP contribution in [0.3, 0.4) is 0 Å². The number of hydrogen-bond acceptors (Lipinski definition) is 3. The minimum absolute atomic E-state index is 0.0496. The molecule has 170 valence electrons. The zero-order valence-corrected chi connectivity index (χ0v) is 18.2. The van der Waals surface area contributed by atoms with Gasteiger partial charge in [-0.3, -0.25) is 9.59 Å². The summed E-state index contributed by atoms with van der Waals surface area (Å²) >= 11 is 0. The molecule has 0 N–H and O–H groups in total. The molecule has 2 amide bonds. The highest BCUT2D eigenvalue weighted by Gasteiger charge is 2.51. The molecular formula is C25H28F2N2O3. The van der Waals surface area contributed by atoms with Gasteiger partial charge in [0.2, 0.25) is 5.91 Å². The highest BCUT2D eigenvalue weighted by molar-refractivity contribution is 5.80. The van der Waals surface area contributed by atoms with E-state index in [-0.39, 0.29) is 36.0 Å². The Hall–Kier alpha value is -2.96. The summed E-state index contributed by atoms with van der Waals surface area (Å²) in [5, 5.41) is 0. The van der Waals surface area contributed by atoms with Crippen LogP contribution in [0.1, 0.15) is 44.6 Å². The van der Waals surface area contributed by atoms with Gasteiger partial charge in [-0.2, -0.15) is 0 Å². The van der Waals surface area contributed by atoms with Crippen molar-refractivity contribution >= 4 is 11.8 Å². The number of rotatable bonds is 5. The lowest BCUT2D eigenvalue weighted by Crippen LogP contribution is -2.58. The Morgan fingerprint density at radius 2 is 1.88 bits per heavy atom. The fourth-order valence-corrected chi connectivity index (χ4v) is 4.94. The van der Waals surface area contributed by atoms with Gasteiger partial charge in [0.25, 0.3) is 5.91 Å². The van der Waals surface area contributed by atoms with Crippen molar-refractivity contribution in [1.82, 2.24) is 9.80 Å². The Bertz CT molecular complexity index is 981. The molecule has 2 aromatic rings. The quantitative estimate of drug-likeness (QED) is 0.694. The van der Waals surface area contributed by atoms with Crippen LogP contribution in [0, 0.1) is 11.6 Å². The van der Waals surface area contributed by atoms with Crippen LogP contribution in [0.25, 0.3) is 0 Å². The number of fused-ring (bicyclic) bond motifs is 1. The van der Waals surface area contributed by atoms with Crippen LogP contribution in [0.2, 0.25) is 0 Å². The zero-order chi connectivity index (χ0) is 22.7. The second-order valence-corrected chi connectivity index (χ2v) is 8.78. The lowest BCUT2D eigenvalue weighted by atomic mass is 9.84. The Morgan fingerprint density at radius 3 is 2.62 bits per heavy atom. The minimum atomic E-state index is -0.528. The molecule has 2 saturated heterocycles. The van der Waals surface area contributed by atoms with Crippen LogP contribution in [-0.4, -0.2) is 46.3 Å². The predicted octanol–water partition coefficient (Wildman–Crippen LogP) is 4.31. The van der Waals surface area contributed by atoms with Gasteiger partial charge in [0, 0.05) is 19.5 Å². The molecule has 2 aromatic carbocycles. The molecule has 0 spiro atoms. The smallest absolute Gasteiger partial charge is 0.260 e. The molecule has 32 heavy (non-hydrogen) atoms. The number of carbonyl (C=O) groups excluding carboxylic acids is 2. The molecule has 5 nitrogen and oxygen atoms in total. The van der Waals surface area contributed by atoms with Gasteiger partial charge in [-0.1, -0.05) is 30.7 Å². The zero-order valence-electron chi connectivity index (χ0n) is 18.2. The summed E-state index contributed by atoms with van der Waals surface area (Å²) in [6.07, 6.45) is 3.52. The summed E-state index contributed by atoms with van der Waals surface area (Å²) in [6.45, 7) is 2.67. The van der Waals surface area contributed by atoms with Crippen LogP contribution in [-0.2, 0) is 16.1 Å². The summed E-state index contributed by atoms with van der Waals surface area (Å²) in [6, 6.07) is 12.0. The van der Waals surface area contributed by atoms with E-state index in [1.54, 1.807) is 29.2 Å². The Morgan fingerprint density at radius 1 is 1.12 bits per heavy atom. The number of amides is 2. The van der Waals surface area contributed by atoms with Crippen LogP contribution in [0.15, 0.2) is 48.5 Å². The van der Waals surface area contributed by atoms with E-state index < -0.39 is 11.4 Å². The number of carbonyl (C=O) groups is 2. The van der Waals surface area contributed by atoms with Crippen LogP contribution < -0.4 is 4.74 Å². The van der Waals surface area contributed by atoms with Crippen molar-refractivity contribution in [1.29, 1.82) is 0 Å². The molecule has 2 atom stereocenters. The Kier molecular flexibility index (Phi) is 6.44. The fraction of sp³-hybridized carbons (Fsp3) is 0.440. The Balaban J connectivity index is 1.53. The maximum absolute atomic E-state index is 13.9. The number of halogens is 2. The van der Waals surface area contributed by atoms with Crippen molar-refractivity contribution in [3.63, 3.8) is 0 Å². The van der Waals surface area contributed by atoms with Gasteiger partial charge in [-0.15, -0.1) is 0 Å². The lowest BCUT2D eigenvalue weighted by molar-refractivity contribution is -0.144. The van der Waals surface area contributed by atoms with Gasteiger partial charge < -0.3 is 14.5 Å². The first-order chi connectivity index (χ1) is 15.4. The third-order valence-electron chi connectivity index (χ3n) is 6.75. The molecule has 2 heterocycles. The topological polar surface area (TPSA) is 49.9 Å². The first-order valence-electron chi connectivity index (χ1n) is 11.1. The van der Waals surface area contributed by atoms with Crippen molar-refractivity contribution in [3.8, 4) is 5.75 Å². The van der Waals surface area contributed by atoms with Crippen molar-refractivity contribution in [2.45, 2.75) is 57.2 Å². The maximum atomic E-state index is 13.9. The van der Waals surface area contributed by atoms with Crippen molar-refractivity contribution in [2.24, 2.45) is 0 Å². The van der Waals surface area contributed by atoms with Gasteiger partial charge in [0.15, 0.2) is 18.2 Å². The highest BCUT2D eigenvalue weighted by Crippen LogP contribution is 2.40. The van der Waals surface area contributed by atoms with Gasteiger partial charge >= 0.3 is 0 Å². The first-order valence-corrected chi connectivity index (χ1v) is 11.1. The monoisotopic (exact) mass is 442 g/mol. The van der Waals surface area contributed by atoms with Crippen molar-refractivity contribution < 1.29 is 23.1 Å². The predicted molar refractivity (Wildman–Crippen MR) is 116 cm³/mol. The minimum Gasteiger partial charge on any atom is -0.481 e. The third-order valence-corrected chi connectivity index (χ3v) is 6.75. The number of hydrogen-bond donors (Lipinski definition) is 0. The van der Waals surface area contributed by atoms with Gasteiger partial charge in [0.05, 0.1) is 11.6 Å². The number of para-hydroxylation sites is 1. The summed E-state index contributed by atoms with van der Waals surface area (Å²) in [5.41, 5.74) is 0.326. The van der Waals surface area contributed by atoms with Gasteiger partial charge in [-0.05, 0) is 56.0 Å². The highest BCUT2D eigenvalue weighted by atomic mass is 19.1. The van der Waals surface area contributed by atoms with E-state index in [1.807, 2.05) is 11.8 Å². The molecule has 0 saturated carbocycles. The van der Waals surface area contributed by atoms with E-state index in [9.17, 15) is 18.4 Å². The summed E-state index contributed by atoms with van der Waals surface area (Å²) < 4.78 is 32.7. The van der Waals surface area contributed by atoms with Gasteiger partial charge in [-0.25, -0.2) is 8.78 Å². The number of ether oxygens (including phenoxy) is 1. The summed E-state index contributed by atoms with van der Waals surface area (Å²) in [5.74, 6) is -0.929. The van der Waals surface area contributed by atoms with E-state index in [2.05, 4.69) is 0 Å². The molecule has 4 rings (SSSR count). The molecule has 0 bridgehead atoms. The third kappa shape index (κ3) is 4.47. The SMILES string of the molecule is C[C@@]12CCN(C(=O)COc3ccccc3F)[C@@H]1CCCCC(=O)N2Cc1ccc(F)cc1.